The summed E-state index contributed by atoms with van der Waals surface area (Å²) in [6, 6.07) is 0. The van der Waals surface area contributed by atoms with E-state index < -0.39 is 11.9 Å². The summed E-state index contributed by atoms with van der Waals surface area (Å²) in [4.78, 5) is 25.4. The molecule has 1 aromatic rings. The lowest BCUT2D eigenvalue weighted by Crippen LogP contribution is -1.98. The van der Waals surface area contributed by atoms with Crippen molar-refractivity contribution in [3.8, 4) is 0 Å². The molecule has 0 atom stereocenters. The molecule has 1 aromatic heterocycles. The van der Waals surface area contributed by atoms with Gasteiger partial charge in [0.2, 0.25) is 0 Å². The minimum Gasteiger partial charge on any atom is -0.476 e. The van der Waals surface area contributed by atoms with Crippen LogP contribution in [0.2, 0.25) is 0 Å². The van der Waals surface area contributed by atoms with Gasteiger partial charge < -0.3 is 9.84 Å². The molecule has 0 aliphatic rings. The molecule has 0 spiro atoms. The largest absolute Gasteiger partial charge is 0.476 e. The van der Waals surface area contributed by atoms with Gasteiger partial charge in [-0.25, -0.2) is 14.6 Å². The smallest absolute Gasteiger partial charge is 0.356 e. The van der Waals surface area contributed by atoms with E-state index in [4.69, 9.17) is 5.11 Å². The van der Waals surface area contributed by atoms with Crippen LogP contribution in [0.15, 0.2) is 11.6 Å². The average Bonchev–Trinajstić information content (AvgIpc) is 2.62. The third kappa shape index (κ3) is 2.40. The first-order valence-corrected chi connectivity index (χ1v) is 4.46. The molecule has 0 amide bonds. The van der Waals surface area contributed by atoms with Crippen LogP contribution in [-0.2, 0) is 9.53 Å². The van der Waals surface area contributed by atoms with Gasteiger partial charge in [0.1, 0.15) is 0 Å². The number of ether oxygens (including phenoxy) is 1. The van der Waals surface area contributed by atoms with Crippen LogP contribution >= 0.6 is 11.3 Å². The predicted octanol–water partition coefficient (Wildman–Crippen LogP) is 1.03. The van der Waals surface area contributed by atoms with Crippen molar-refractivity contribution in [3.63, 3.8) is 0 Å². The number of carbonyl (C=O) groups excluding carboxylic acids is 1. The Bertz CT molecular complexity index is 382. The van der Waals surface area contributed by atoms with Gasteiger partial charge >= 0.3 is 11.9 Å². The molecular weight excluding hydrogens is 206 g/mol. The van der Waals surface area contributed by atoms with E-state index in [1.807, 2.05) is 0 Å². The van der Waals surface area contributed by atoms with Crippen molar-refractivity contribution in [1.29, 1.82) is 0 Å². The van der Waals surface area contributed by atoms with E-state index in [1.165, 1.54) is 18.7 Å². The zero-order chi connectivity index (χ0) is 10.6. The SMILES string of the molecule is COC(=O)C=Cc1scnc1C(=O)O. The van der Waals surface area contributed by atoms with E-state index in [1.54, 1.807) is 0 Å². The highest BCUT2D eigenvalue weighted by atomic mass is 32.1. The highest BCUT2D eigenvalue weighted by molar-refractivity contribution is 7.10. The lowest BCUT2D eigenvalue weighted by molar-refractivity contribution is -0.134. The quantitative estimate of drug-likeness (QED) is 0.599. The van der Waals surface area contributed by atoms with Gasteiger partial charge in [0, 0.05) is 6.08 Å². The number of carboxylic acid groups (broad SMARTS) is 1. The summed E-state index contributed by atoms with van der Waals surface area (Å²) < 4.78 is 4.36. The average molecular weight is 213 g/mol. The molecule has 14 heavy (non-hydrogen) atoms. The van der Waals surface area contributed by atoms with Gasteiger partial charge in [-0.1, -0.05) is 0 Å². The second-order valence-corrected chi connectivity index (χ2v) is 3.11. The summed E-state index contributed by atoms with van der Waals surface area (Å²) in [6.45, 7) is 0. The second-order valence-electron chi connectivity index (χ2n) is 2.23. The van der Waals surface area contributed by atoms with Crippen molar-refractivity contribution in [2.24, 2.45) is 0 Å². The fraction of sp³-hybridized carbons (Fsp3) is 0.125. The Hall–Kier alpha value is -1.69. The van der Waals surface area contributed by atoms with Crippen molar-refractivity contribution in [2.75, 3.05) is 7.11 Å². The lowest BCUT2D eigenvalue weighted by Gasteiger charge is -1.90. The summed E-state index contributed by atoms with van der Waals surface area (Å²) in [7, 11) is 1.25. The maximum absolute atomic E-state index is 10.7. The molecule has 1 heterocycles. The van der Waals surface area contributed by atoms with Crippen LogP contribution in [0, 0.1) is 0 Å². The Balaban J connectivity index is 2.86. The van der Waals surface area contributed by atoms with Crippen molar-refractivity contribution >= 4 is 29.4 Å². The highest BCUT2D eigenvalue weighted by Crippen LogP contribution is 2.15. The van der Waals surface area contributed by atoms with E-state index in [2.05, 4.69) is 9.72 Å². The molecule has 5 nitrogen and oxygen atoms in total. The molecular formula is C8H7NO4S. The van der Waals surface area contributed by atoms with E-state index >= 15 is 0 Å². The number of thiazole rings is 1. The number of hydrogen-bond acceptors (Lipinski definition) is 5. The summed E-state index contributed by atoms with van der Waals surface area (Å²) >= 11 is 1.14. The first kappa shape index (κ1) is 10.4. The van der Waals surface area contributed by atoms with Gasteiger partial charge in [-0.15, -0.1) is 11.3 Å². The molecule has 0 aliphatic carbocycles. The van der Waals surface area contributed by atoms with Crippen LogP contribution in [0.25, 0.3) is 6.08 Å². The fourth-order valence-corrected chi connectivity index (χ4v) is 1.42. The summed E-state index contributed by atoms with van der Waals surface area (Å²) in [5.74, 6) is -1.65. The molecule has 1 rings (SSSR count). The molecule has 0 bridgehead atoms. The van der Waals surface area contributed by atoms with Crippen LogP contribution < -0.4 is 0 Å². The van der Waals surface area contributed by atoms with Gasteiger partial charge in [-0.2, -0.15) is 0 Å². The molecule has 1 N–H and O–H groups in total. The maximum Gasteiger partial charge on any atom is 0.356 e. The van der Waals surface area contributed by atoms with Gasteiger partial charge in [0.05, 0.1) is 17.5 Å². The number of aromatic nitrogens is 1. The minimum atomic E-state index is -1.12. The Morgan fingerprint density at radius 2 is 2.36 bits per heavy atom. The van der Waals surface area contributed by atoms with E-state index in [0.29, 0.717) is 4.88 Å². The number of carboxylic acids is 1. The van der Waals surface area contributed by atoms with Crippen LogP contribution in [0.5, 0.6) is 0 Å². The first-order chi connectivity index (χ1) is 6.65. The molecule has 0 aromatic carbocycles. The normalized spacial score (nSPS) is 10.4. The molecule has 0 unspecified atom stereocenters. The molecule has 0 radical (unpaired) electrons. The standard InChI is InChI=1S/C8H7NO4S/c1-13-6(10)3-2-5-7(8(11)12)9-4-14-5/h2-4H,1H3,(H,11,12). The van der Waals surface area contributed by atoms with E-state index in [-0.39, 0.29) is 5.69 Å². The Morgan fingerprint density at radius 3 is 2.93 bits per heavy atom. The lowest BCUT2D eigenvalue weighted by atomic mass is 10.3. The van der Waals surface area contributed by atoms with Crippen molar-refractivity contribution in [3.05, 3.63) is 22.2 Å². The third-order valence-corrected chi connectivity index (χ3v) is 2.16. The first-order valence-electron chi connectivity index (χ1n) is 3.58. The minimum absolute atomic E-state index is 0.0600. The van der Waals surface area contributed by atoms with Crippen molar-refractivity contribution < 1.29 is 19.4 Å². The summed E-state index contributed by atoms with van der Waals surface area (Å²) in [5, 5.41) is 8.67. The Kier molecular flexibility index (Phi) is 3.35. The van der Waals surface area contributed by atoms with E-state index in [9.17, 15) is 9.59 Å². The van der Waals surface area contributed by atoms with Crippen molar-refractivity contribution in [2.45, 2.75) is 0 Å². The molecule has 74 valence electrons. The number of hydrogen-bond donors (Lipinski definition) is 1. The van der Waals surface area contributed by atoms with Gasteiger partial charge in [0.25, 0.3) is 0 Å². The maximum atomic E-state index is 10.7. The third-order valence-electron chi connectivity index (χ3n) is 1.37. The molecule has 0 saturated heterocycles. The summed E-state index contributed by atoms with van der Waals surface area (Å²) in [6.07, 6.45) is 2.52. The number of nitrogens with zero attached hydrogens (tertiary/aromatic N) is 1. The summed E-state index contributed by atoms with van der Waals surface area (Å²) in [5.41, 5.74) is 1.34. The molecule has 0 fully saturated rings. The van der Waals surface area contributed by atoms with Crippen LogP contribution in [0.3, 0.4) is 0 Å². The zero-order valence-corrected chi connectivity index (χ0v) is 8.08. The Morgan fingerprint density at radius 1 is 1.64 bits per heavy atom. The van der Waals surface area contributed by atoms with Crippen LogP contribution in [-0.4, -0.2) is 29.1 Å². The fourth-order valence-electron chi connectivity index (χ4n) is 0.746. The predicted molar refractivity (Wildman–Crippen MR) is 50.1 cm³/mol. The molecule has 6 heteroatoms. The van der Waals surface area contributed by atoms with Crippen LogP contribution in [0.4, 0.5) is 0 Å². The number of esters is 1. The van der Waals surface area contributed by atoms with Crippen molar-refractivity contribution in [1.82, 2.24) is 4.98 Å². The molecule has 0 aliphatic heterocycles. The number of rotatable bonds is 3. The number of methoxy groups -OCH3 is 1. The monoisotopic (exact) mass is 213 g/mol. The van der Waals surface area contributed by atoms with Gasteiger partial charge in [-0.3, -0.25) is 0 Å². The second kappa shape index (κ2) is 4.52. The van der Waals surface area contributed by atoms with Gasteiger partial charge in [-0.05, 0) is 6.08 Å². The zero-order valence-electron chi connectivity index (χ0n) is 7.26. The Labute approximate surface area is 83.7 Å². The number of aromatic carboxylic acids is 1. The van der Waals surface area contributed by atoms with Gasteiger partial charge in [0.15, 0.2) is 5.69 Å². The topological polar surface area (TPSA) is 76.5 Å². The van der Waals surface area contributed by atoms with E-state index in [0.717, 1.165) is 17.4 Å². The van der Waals surface area contributed by atoms with Crippen LogP contribution in [0.1, 0.15) is 15.4 Å². The highest BCUT2D eigenvalue weighted by Gasteiger charge is 2.10. The molecule has 0 saturated carbocycles. The number of carbonyl (C=O) groups is 2.